The minimum absolute atomic E-state index is 0.268. The third-order valence-electron chi connectivity index (χ3n) is 4.60. The van der Waals surface area contributed by atoms with Gasteiger partial charge in [0.1, 0.15) is 0 Å². The lowest BCUT2D eigenvalue weighted by molar-refractivity contribution is -0.192. The summed E-state index contributed by atoms with van der Waals surface area (Å²) in [6.45, 7) is 14.6. The Kier molecular flexibility index (Phi) is 10.3. The molecule has 0 unspecified atom stereocenters. The number of nitrogens with zero attached hydrogens (tertiary/aromatic N) is 1. The third kappa shape index (κ3) is 9.86. The first-order chi connectivity index (χ1) is 11.7. The Morgan fingerprint density at radius 3 is 1.96 bits per heavy atom. The minimum Gasteiger partial charge on any atom is -0.475 e. The van der Waals surface area contributed by atoms with E-state index in [1.807, 2.05) is 5.06 Å². The highest BCUT2D eigenvalue weighted by molar-refractivity contribution is 6.74. The van der Waals surface area contributed by atoms with Crippen molar-refractivity contribution in [2.45, 2.75) is 64.0 Å². The van der Waals surface area contributed by atoms with Crippen LogP contribution in [0.1, 0.15) is 33.6 Å². The Balaban J connectivity index is 0.000000758. The van der Waals surface area contributed by atoms with E-state index in [2.05, 4.69) is 33.9 Å². The fourth-order valence-electron chi connectivity index (χ4n) is 1.88. The molecule has 0 aromatic heterocycles. The molecule has 0 bridgehead atoms. The lowest BCUT2D eigenvalue weighted by Gasteiger charge is -2.36. The Hall–Kier alpha value is -0.683. The molecule has 0 saturated carbocycles. The Morgan fingerprint density at radius 1 is 1.15 bits per heavy atom. The van der Waals surface area contributed by atoms with Crippen molar-refractivity contribution in [1.82, 2.24) is 5.06 Å². The fourth-order valence-corrected chi connectivity index (χ4v) is 2.90. The van der Waals surface area contributed by atoms with Crippen LogP contribution in [0.3, 0.4) is 0 Å². The van der Waals surface area contributed by atoms with Gasteiger partial charge in [-0.3, -0.25) is 4.84 Å². The highest BCUT2D eigenvalue weighted by Gasteiger charge is 2.38. The zero-order valence-electron chi connectivity index (χ0n) is 16.5. The summed E-state index contributed by atoms with van der Waals surface area (Å²) in [5.74, 6) is -2.76. The summed E-state index contributed by atoms with van der Waals surface area (Å²) >= 11 is 0. The number of ether oxygens (including phenoxy) is 1. The van der Waals surface area contributed by atoms with Gasteiger partial charge >= 0.3 is 12.1 Å². The van der Waals surface area contributed by atoms with Crippen LogP contribution in [0.15, 0.2) is 0 Å². The number of hydrogen-bond donors (Lipinski definition) is 1. The number of carbonyl (C=O) groups is 1. The van der Waals surface area contributed by atoms with Gasteiger partial charge < -0.3 is 14.3 Å². The van der Waals surface area contributed by atoms with Crippen molar-refractivity contribution >= 4 is 14.3 Å². The lowest BCUT2D eigenvalue weighted by atomic mass is 10.1. The molecule has 0 radical (unpaired) electrons. The predicted molar refractivity (Wildman–Crippen MR) is 94.4 cm³/mol. The maximum absolute atomic E-state index is 10.6. The molecule has 0 aliphatic carbocycles. The molecule has 156 valence electrons. The van der Waals surface area contributed by atoms with Gasteiger partial charge in [-0.1, -0.05) is 20.8 Å². The maximum atomic E-state index is 10.6. The van der Waals surface area contributed by atoms with Gasteiger partial charge in [-0.25, -0.2) is 4.79 Å². The molecule has 0 aromatic carbocycles. The predicted octanol–water partition coefficient (Wildman–Crippen LogP) is 3.68. The molecular formula is C16H32F3NO5Si. The van der Waals surface area contributed by atoms with E-state index in [0.29, 0.717) is 19.3 Å². The zero-order valence-corrected chi connectivity index (χ0v) is 17.5. The Bertz CT molecular complexity index is 419. The van der Waals surface area contributed by atoms with Gasteiger partial charge in [0.2, 0.25) is 0 Å². The van der Waals surface area contributed by atoms with Crippen molar-refractivity contribution in [3.05, 3.63) is 0 Å². The summed E-state index contributed by atoms with van der Waals surface area (Å²) in [4.78, 5) is 14.7. The van der Waals surface area contributed by atoms with Gasteiger partial charge in [0, 0.05) is 20.2 Å². The second-order valence-corrected chi connectivity index (χ2v) is 12.4. The van der Waals surface area contributed by atoms with Crippen LogP contribution < -0.4 is 0 Å². The first kappa shape index (κ1) is 25.3. The topological polar surface area (TPSA) is 68.2 Å². The molecule has 1 aliphatic rings. The molecule has 1 aliphatic heterocycles. The van der Waals surface area contributed by atoms with Crippen molar-refractivity contribution in [2.24, 2.45) is 0 Å². The van der Waals surface area contributed by atoms with E-state index in [1.165, 1.54) is 0 Å². The maximum Gasteiger partial charge on any atom is 0.490 e. The van der Waals surface area contributed by atoms with Gasteiger partial charge in [-0.2, -0.15) is 18.2 Å². The van der Waals surface area contributed by atoms with E-state index in [4.69, 9.17) is 23.9 Å². The number of carboxylic acid groups (broad SMARTS) is 1. The molecule has 0 amide bonds. The van der Waals surface area contributed by atoms with E-state index in [0.717, 1.165) is 25.9 Å². The molecule has 1 heterocycles. The van der Waals surface area contributed by atoms with Crippen molar-refractivity contribution in [3.63, 3.8) is 0 Å². The van der Waals surface area contributed by atoms with Crippen LogP contribution in [0, 0.1) is 0 Å². The van der Waals surface area contributed by atoms with Crippen LogP contribution >= 0.6 is 0 Å². The van der Waals surface area contributed by atoms with Crippen molar-refractivity contribution in [3.8, 4) is 0 Å². The minimum atomic E-state index is -5.08. The normalized spacial score (nSPS) is 17.6. The van der Waals surface area contributed by atoms with E-state index in [1.54, 1.807) is 7.11 Å². The van der Waals surface area contributed by atoms with Crippen molar-refractivity contribution in [2.75, 3.05) is 33.4 Å². The summed E-state index contributed by atoms with van der Waals surface area (Å²) in [6.07, 6.45) is -2.57. The smallest absolute Gasteiger partial charge is 0.475 e. The molecular weight excluding hydrogens is 371 g/mol. The standard InChI is InChI=1S/C14H31NO3Si.C2HF3O2/c1-14(2,3)19(5,6)18-12-11-17-15-9-7-13(16-4)8-10-15;3-2(4,5)1(6)7/h13H,7-12H2,1-6H3;(H,6,7). The van der Waals surface area contributed by atoms with E-state index in [-0.39, 0.29) is 5.04 Å². The second-order valence-electron chi connectivity index (χ2n) is 7.61. The average Bonchev–Trinajstić information content (AvgIpc) is 2.50. The molecule has 1 rings (SSSR count). The van der Waals surface area contributed by atoms with Crippen LogP contribution in [0.2, 0.25) is 18.1 Å². The molecule has 1 saturated heterocycles. The van der Waals surface area contributed by atoms with Crippen LogP contribution in [0.25, 0.3) is 0 Å². The van der Waals surface area contributed by atoms with Crippen molar-refractivity contribution in [1.29, 1.82) is 0 Å². The SMILES string of the molecule is COC1CCN(OCCO[Si](C)(C)C(C)(C)C)CC1.O=C(O)C(F)(F)F. The summed E-state index contributed by atoms with van der Waals surface area (Å²) in [6, 6.07) is 0. The number of hydrogen-bond acceptors (Lipinski definition) is 5. The number of aliphatic carboxylic acids is 1. The number of carboxylic acids is 1. The van der Waals surface area contributed by atoms with Gasteiger partial charge in [0.05, 0.1) is 19.3 Å². The number of halogens is 3. The van der Waals surface area contributed by atoms with Crippen LogP contribution in [-0.4, -0.2) is 70.1 Å². The number of alkyl halides is 3. The number of methoxy groups -OCH3 is 1. The summed E-state index contributed by atoms with van der Waals surface area (Å²) < 4.78 is 43.2. The number of rotatable bonds is 6. The molecule has 0 aromatic rings. The highest BCUT2D eigenvalue weighted by atomic mass is 28.4. The Morgan fingerprint density at radius 2 is 1.62 bits per heavy atom. The van der Waals surface area contributed by atoms with E-state index < -0.39 is 20.5 Å². The Labute approximate surface area is 154 Å². The monoisotopic (exact) mass is 403 g/mol. The van der Waals surface area contributed by atoms with Gasteiger partial charge in [-0.05, 0) is 31.0 Å². The molecule has 1 fully saturated rings. The van der Waals surface area contributed by atoms with Crippen LogP contribution in [0.5, 0.6) is 0 Å². The van der Waals surface area contributed by atoms with Gasteiger partial charge in [-0.15, -0.1) is 0 Å². The first-order valence-corrected chi connectivity index (χ1v) is 11.5. The molecule has 0 atom stereocenters. The largest absolute Gasteiger partial charge is 0.490 e. The van der Waals surface area contributed by atoms with E-state index in [9.17, 15) is 13.2 Å². The highest BCUT2D eigenvalue weighted by Crippen LogP contribution is 2.36. The number of piperidine rings is 1. The second kappa shape index (κ2) is 10.6. The fraction of sp³-hybridized carbons (Fsp3) is 0.938. The quantitative estimate of drug-likeness (QED) is 0.539. The van der Waals surface area contributed by atoms with Crippen LogP contribution in [-0.2, 0) is 18.8 Å². The van der Waals surface area contributed by atoms with Gasteiger partial charge in [0.15, 0.2) is 8.32 Å². The van der Waals surface area contributed by atoms with E-state index >= 15 is 0 Å². The van der Waals surface area contributed by atoms with Gasteiger partial charge in [0.25, 0.3) is 0 Å². The van der Waals surface area contributed by atoms with Crippen molar-refractivity contribution < 1.29 is 37.1 Å². The lowest BCUT2D eigenvalue weighted by Crippen LogP contribution is -2.42. The molecule has 1 N–H and O–H groups in total. The summed E-state index contributed by atoms with van der Waals surface area (Å²) in [5, 5.41) is 9.44. The first-order valence-electron chi connectivity index (χ1n) is 8.55. The molecule has 10 heteroatoms. The number of hydroxylamine groups is 2. The zero-order chi connectivity index (χ0) is 20.6. The summed E-state index contributed by atoms with van der Waals surface area (Å²) in [7, 11) is 0.159. The van der Waals surface area contributed by atoms with Crippen LogP contribution in [0.4, 0.5) is 13.2 Å². The molecule has 26 heavy (non-hydrogen) atoms. The third-order valence-corrected chi connectivity index (χ3v) is 9.14. The average molecular weight is 404 g/mol. The molecule has 6 nitrogen and oxygen atoms in total. The summed E-state index contributed by atoms with van der Waals surface area (Å²) in [5.41, 5.74) is 0. The molecule has 0 spiro atoms.